The molecule has 1 unspecified atom stereocenters. The van der Waals surface area contributed by atoms with Crippen molar-refractivity contribution in [2.24, 2.45) is 0 Å². The molecule has 1 fully saturated rings. The van der Waals surface area contributed by atoms with Crippen molar-refractivity contribution in [3.8, 4) is 12.3 Å². The molecule has 1 saturated heterocycles. The lowest BCUT2D eigenvalue weighted by atomic mass is 10.3. The van der Waals surface area contributed by atoms with Crippen molar-refractivity contribution in [1.29, 1.82) is 0 Å². The summed E-state index contributed by atoms with van der Waals surface area (Å²) in [4.78, 5) is 0. The fraction of sp³-hybridized carbons (Fsp3) is 0.714. The van der Waals surface area contributed by atoms with Gasteiger partial charge < -0.3 is 9.47 Å². The lowest BCUT2D eigenvalue weighted by Gasteiger charge is -2.04. The van der Waals surface area contributed by atoms with E-state index < -0.39 is 0 Å². The minimum atomic E-state index is 0.251. The second kappa shape index (κ2) is 3.49. The fourth-order valence-electron chi connectivity index (χ4n) is 0.810. The van der Waals surface area contributed by atoms with E-state index in [1.165, 1.54) is 0 Å². The number of rotatable bonds is 2. The molecule has 1 atom stereocenters. The van der Waals surface area contributed by atoms with Crippen molar-refractivity contribution in [3.05, 3.63) is 0 Å². The molecule has 0 N–H and O–H groups in total. The largest absolute Gasteiger partial charge is 0.379 e. The van der Waals surface area contributed by atoms with E-state index in [1.807, 2.05) is 0 Å². The first-order valence-corrected chi connectivity index (χ1v) is 3.06. The Hall–Kier alpha value is -0.520. The van der Waals surface area contributed by atoms with Crippen LogP contribution < -0.4 is 0 Å². The van der Waals surface area contributed by atoms with Crippen molar-refractivity contribution < 1.29 is 9.47 Å². The lowest BCUT2D eigenvalue weighted by Crippen LogP contribution is -2.11. The maximum atomic E-state index is 5.19. The molecule has 1 aliphatic heterocycles. The summed E-state index contributed by atoms with van der Waals surface area (Å²) in [6.45, 7) is 1.94. The minimum Gasteiger partial charge on any atom is -0.379 e. The van der Waals surface area contributed by atoms with E-state index >= 15 is 0 Å². The smallest absolute Gasteiger partial charge is 0.107 e. The zero-order chi connectivity index (χ0) is 6.53. The normalized spacial score (nSPS) is 25.9. The van der Waals surface area contributed by atoms with E-state index in [4.69, 9.17) is 15.9 Å². The van der Waals surface area contributed by atoms with Gasteiger partial charge in [0, 0.05) is 6.61 Å². The Morgan fingerprint density at radius 3 is 3.22 bits per heavy atom. The first-order valence-electron chi connectivity index (χ1n) is 3.06. The average Bonchev–Trinajstić information content (AvgIpc) is 2.34. The third kappa shape index (κ3) is 2.05. The highest BCUT2D eigenvalue weighted by atomic mass is 16.5. The van der Waals surface area contributed by atoms with Crippen molar-refractivity contribution in [1.82, 2.24) is 0 Å². The summed E-state index contributed by atoms with van der Waals surface area (Å²) in [6.07, 6.45) is 6.23. The predicted molar refractivity (Wildman–Crippen MR) is 34.0 cm³/mol. The molecule has 0 aromatic heterocycles. The summed E-state index contributed by atoms with van der Waals surface area (Å²) in [5, 5.41) is 0. The van der Waals surface area contributed by atoms with E-state index in [9.17, 15) is 0 Å². The molecule has 0 aliphatic carbocycles. The van der Waals surface area contributed by atoms with Gasteiger partial charge in [-0.15, -0.1) is 6.42 Å². The SMILES string of the molecule is C#CCOC1CCOC1. The number of ether oxygens (including phenoxy) is 2. The van der Waals surface area contributed by atoms with Gasteiger partial charge in [-0.1, -0.05) is 5.92 Å². The number of hydrogen-bond donors (Lipinski definition) is 0. The highest BCUT2D eigenvalue weighted by Gasteiger charge is 2.14. The average molecular weight is 126 g/mol. The van der Waals surface area contributed by atoms with Crippen molar-refractivity contribution >= 4 is 0 Å². The topological polar surface area (TPSA) is 18.5 Å². The molecule has 1 rings (SSSR count). The van der Waals surface area contributed by atoms with E-state index in [-0.39, 0.29) is 6.10 Å². The Morgan fingerprint density at radius 1 is 1.78 bits per heavy atom. The molecule has 1 heterocycles. The Labute approximate surface area is 55.1 Å². The summed E-state index contributed by atoms with van der Waals surface area (Å²) < 4.78 is 10.3. The van der Waals surface area contributed by atoms with Gasteiger partial charge in [0.25, 0.3) is 0 Å². The Balaban J connectivity index is 2.06. The van der Waals surface area contributed by atoms with Gasteiger partial charge in [-0.2, -0.15) is 0 Å². The van der Waals surface area contributed by atoms with Crippen LogP contribution in [0.1, 0.15) is 6.42 Å². The molecule has 0 bridgehead atoms. The first kappa shape index (κ1) is 6.60. The van der Waals surface area contributed by atoms with Crippen molar-refractivity contribution in [2.45, 2.75) is 12.5 Å². The maximum absolute atomic E-state index is 5.19. The van der Waals surface area contributed by atoms with Crippen LogP contribution in [0.25, 0.3) is 0 Å². The number of terminal acetylenes is 1. The minimum absolute atomic E-state index is 0.251. The zero-order valence-corrected chi connectivity index (χ0v) is 5.30. The van der Waals surface area contributed by atoms with Crippen LogP contribution in [0, 0.1) is 12.3 Å². The second-order valence-corrected chi connectivity index (χ2v) is 2.00. The molecule has 0 saturated carbocycles. The summed E-state index contributed by atoms with van der Waals surface area (Å²) in [5.41, 5.74) is 0. The van der Waals surface area contributed by atoms with Crippen LogP contribution in [0.2, 0.25) is 0 Å². The van der Waals surface area contributed by atoms with Crippen LogP contribution in [0.3, 0.4) is 0 Å². The Bertz CT molecular complexity index is 109. The molecule has 1 aliphatic rings. The van der Waals surface area contributed by atoms with Gasteiger partial charge >= 0.3 is 0 Å². The predicted octanol–water partition coefficient (Wildman–Crippen LogP) is 0.425. The molecule has 9 heavy (non-hydrogen) atoms. The summed E-state index contributed by atoms with van der Waals surface area (Å²) in [6, 6.07) is 0. The highest BCUT2D eigenvalue weighted by molar-refractivity contribution is 4.83. The van der Waals surface area contributed by atoms with Gasteiger partial charge in [0.05, 0.1) is 12.7 Å². The molecule has 2 heteroatoms. The Morgan fingerprint density at radius 2 is 2.67 bits per heavy atom. The monoisotopic (exact) mass is 126 g/mol. The van der Waals surface area contributed by atoms with Gasteiger partial charge in [-0.05, 0) is 6.42 Å². The summed E-state index contributed by atoms with van der Waals surface area (Å²) in [5.74, 6) is 2.42. The van der Waals surface area contributed by atoms with Crippen molar-refractivity contribution in [2.75, 3.05) is 19.8 Å². The van der Waals surface area contributed by atoms with E-state index in [2.05, 4.69) is 5.92 Å². The van der Waals surface area contributed by atoms with Gasteiger partial charge in [0.15, 0.2) is 0 Å². The van der Waals surface area contributed by atoms with Crippen LogP contribution in [0.4, 0.5) is 0 Å². The molecule has 0 radical (unpaired) electrons. The van der Waals surface area contributed by atoms with Crippen LogP contribution >= 0.6 is 0 Å². The molecule has 0 aromatic carbocycles. The quantitative estimate of drug-likeness (QED) is 0.499. The maximum Gasteiger partial charge on any atom is 0.107 e. The second-order valence-electron chi connectivity index (χ2n) is 2.00. The fourth-order valence-corrected chi connectivity index (χ4v) is 0.810. The van der Waals surface area contributed by atoms with E-state index in [1.54, 1.807) is 0 Å². The summed E-state index contributed by atoms with van der Waals surface area (Å²) >= 11 is 0. The molecule has 0 spiro atoms. The molecule has 0 aromatic rings. The molecular weight excluding hydrogens is 116 g/mol. The summed E-state index contributed by atoms with van der Waals surface area (Å²) in [7, 11) is 0. The zero-order valence-electron chi connectivity index (χ0n) is 5.30. The molecule has 2 nitrogen and oxygen atoms in total. The van der Waals surface area contributed by atoms with E-state index in [0.29, 0.717) is 13.2 Å². The van der Waals surface area contributed by atoms with E-state index in [0.717, 1.165) is 13.0 Å². The van der Waals surface area contributed by atoms with Gasteiger partial charge in [0.1, 0.15) is 6.61 Å². The molecule has 0 amide bonds. The van der Waals surface area contributed by atoms with Gasteiger partial charge in [-0.3, -0.25) is 0 Å². The third-order valence-corrected chi connectivity index (χ3v) is 1.29. The van der Waals surface area contributed by atoms with Crippen molar-refractivity contribution in [3.63, 3.8) is 0 Å². The highest BCUT2D eigenvalue weighted by Crippen LogP contribution is 2.06. The van der Waals surface area contributed by atoms with Crippen LogP contribution in [-0.2, 0) is 9.47 Å². The lowest BCUT2D eigenvalue weighted by molar-refractivity contribution is 0.0632. The number of hydrogen-bond acceptors (Lipinski definition) is 2. The third-order valence-electron chi connectivity index (χ3n) is 1.29. The van der Waals surface area contributed by atoms with Crippen LogP contribution in [0.15, 0.2) is 0 Å². The molecule has 50 valence electrons. The molecular formula is C7H10O2. The standard InChI is InChI=1S/C7H10O2/c1-2-4-9-7-3-5-8-6-7/h1,7H,3-6H2. The van der Waals surface area contributed by atoms with Gasteiger partial charge in [0.2, 0.25) is 0 Å². The van der Waals surface area contributed by atoms with Gasteiger partial charge in [-0.25, -0.2) is 0 Å². The van der Waals surface area contributed by atoms with Crippen LogP contribution in [-0.4, -0.2) is 25.9 Å². The Kier molecular flexibility index (Phi) is 2.56. The first-order chi connectivity index (χ1) is 4.43. The van der Waals surface area contributed by atoms with Crippen LogP contribution in [0.5, 0.6) is 0 Å².